The van der Waals surface area contributed by atoms with Crippen molar-refractivity contribution >= 4 is 21.5 Å². The van der Waals surface area contributed by atoms with Crippen molar-refractivity contribution in [1.29, 1.82) is 0 Å². The summed E-state index contributed by atoms with van der Waals surface area (Å²) in [5.74, 6) is 0.648. The molecule has 0 amide bonds. The van der Waals surface area contributed by atoms with Crippen molar-refractivity contribution in [3.05, 3.63) is 24.3 Å². The molecular weight excluding hydrogens is 262 g/mol. The molecule has 1 heterocycles. The third-order valence-electron chi connectivity index (χ3n) is 3.24. The maximum absolute atomic E-state index is 12.2. The second-order valence-electron chi connectivity index (χ2n) is 4.78. The molecule has 1 saturated heterocycles. The van der Waals surface area contributed by atoms with E-state index in [1.165, 1.54) is 12.1 Å². The third-order valence-corrected chi connectivity index (χ3v) is 4.56. The van der Waals surface area contributed by atoms with Crippen molar-refractivity contribution in [2.24, 2.45) is 4.40 Å². The number of benzene rings is 1. The van der Waals surface area contributed by atoms with E-state index in [-0.39, 0.29) is 4.90 Å². The van der Waals surface area contributed by atoms with Gasteiger partial charge in [0.2, 0.25) is 0 Å². The van der Waals surface area contributed by atoms with Gasteiger partial charge in [-0.3, -0.25) is 0 Å². The maximum Gasteiger partial charge on any atom is 0.283 e. The van der Waals surface area contributed by atoms with E-state index in [0.717, 1.165) is 25.8 Å². The van der Waals surface area contributed by atoms with E-state index in [4.69, 9.17) is 5.73 Å². The Bertz CT molecular complexity index is 564. The molecule has 104 valence electrons. The summed E-state index contributed by atoms with van der Waals surface area (Å²) in [5.41, 5.74) is 6.10. The van der Waals surface area contributed by atoms with Crippen LogP contribution in [0, 0.1) is 0 Å². The van der Waals surface area contributed by atoms with Crippen LogP contribution in [0.1, 0.15) is 25.7 Å². The van der Waals surface area contributed by atoms with E-state index in [9.17, 15) is 8.42 Å². The average molecular weight is 281 g/mol. The van der Waals surface area contributed by atoms with Crippen molar-refractivity contribution in [2.75, 3.05) is 19.3 Å². The Morgan fingerprint density at radius 1 is 1.16 bits per heavy atom. The summed E-state index contributed by atoms with van der Waals surface area (Å²) in [7, 11) is -1.74. The summed E-state index contributed by atoms with van der Waals surface area (Å²) in [6, 6.07) is 6.13. The predicted molar refractivity (Wildman–Crippen MR) is 76.6 cm³/mol. The number of sulfonamides is 1. The first-order valence-electron chi connectivity index (χ1n) is 6.39. The molecule has 1 aliphatic rings. The van der Waals surface area contributed by atoms with Crippen LogP contribution in [0.3, 0.4) is 0 Å². The van der Waals surface area contributed by atoms with Crippen LogP contribution in [0.5, 0.6) is 0 Å². The number of amidine groups is 1. The molecule has 1 fully saturated rings. The largest absolute Gasteiger partial charge is 0.399 e. The van der Waals surface area contributed by atoms with Gasteiger partial charge >= 0.3 is 0 Å². The number of anilines is 1. The molecule has 19 heavy (non-hydrogen) atoms. The number of hydrogen-bond acceptors (Lipinski definition) is 3. The molecule has 0 atom stereocenters. The first-order chi connectivity index (χ1) is 8.99. The third kappa shape index (κ3) is 3.47. The maximum atomic E-state index is 12.2. The Kier molecular flexibility index (Phi) is 4.09. The summed E-state index contributed by atoms with van der Waals surface area (Å²) in [4.78, 5) is 2.12. The predicted octanol–water partition coefficient (Wildman–Crippen LogP) is 1.86. The number of hydrogen-bond donors (Lipinski definition) is 1. The highest BCUT2D eigenvalue weighted by Crippen LogP contribution is 2.17. The lowest BCUT2D eigenvalue weighted by molar-refractivity contribution is 0.494. The lowest BCUT2D eigenvalue weighted by Gasteiger charge is -2.17. The van der Waals surface area contributed by atoms with E-state index in [0.29, 0.717) is 17.9 Å². The molecule has 0 aromatic heterocycles. The van der Waals surface area contributed by atoms with Gasteiger partial charge in [-0.15, -0.1) is 4.40 Å². The molecule has 1 aromatic carbocycles. The summed E-state index contributed by atoms with van der Waals surface area (Å²) in [5, 5.41) is 0. The number of likely N-dealkylation sites (tertiary alicyclic amines) is 1. The smallest absolute Gasteiger partial charge is 0.283 e. The van der Waals surface area contributed by atoms with E-state index < -0.39 is 10.0 Å². The van der Waals surface area contributed by atoms with E-state index in [1.54, 1.807) is 12.1 Å². The van der Waals surface area contributed by atoms with Gasteiger partial charge in [0.1, 0.15) is 5.84 Å². The standard InChI is InChI=1S/C13H19N3O2S/c1-16-10-4-2-3-5-13(16)15-19(17,18)12-8-6-11(14)7-9-12/h6-9H,2-5,10,14H2,1H3/b15-13+. The molecular formula is C13H19N3O2S. The zero-order valence-corrected chi connectivity index (χ0v) is 11.9. The Balaban J connectivity index is 2.31. The lowest BCUT2D eigenvalue weighted by atomic mass is 10.2. The first-order valence-corrected chi connectivity index (χ1v) is 7.83. The van der Waals surface area contributed by atoms with E-state index in [1.807, 2.05) is 11.9 Å². The lowest BCUT2D eigenvalue weighted by Crippen LogP contribution is -2.26. The minimum Gasteiger partial charge on any atom is -0.399 e. The molecule has 0 unspecified atom stereocenters. The normalized spacial score (nSPS) is 19.4. The molecule has 1 aliphatic heterocycles. The van der Waals surface area contributed by atoms with Crippen molar-refractivity contribution in [3.63, 3.8) is 0 Å². The van der Waals surface area contributed by atoms with Gasteiger partial charge in [0, 0.05) is 25.7 Å². The van der Waals surface area contributed by atoms with Crippen LogP contribution in [0.25, 0.3) is 0 Å². The van der Waals surface area contributed by atoms with Crippen LogP contribution < -0.4 is 5.73 Å². The number of rotatable bonds is 2. The fourth-order valence-corrected chi connectivity index (χ4v) is 3.17. The van der Waals surface area contributed by atoms with Crippen LogP contribution in [0.2, 0.25) is 0 Å². The minimum atomic E-state index is -3.64. The Morgan fingerprint density at radius 2 is 1.84 bits per heavy atom. The number of nitrogens with zero attached hydrogens (tertiary/aromatic N) is 2. The second-order valence-corrected chi connectivity index (χ2v) is 6.39. The van der Waals surface area contributed by atoms with Crippen LogP contribution in [0.4, 0.5) is 5.69 Å². The molecule has 1 aromatic rings. The average Bonchev–Trinajstić information content (AvgIpc) is 2.55. The Morgan fingerprint density at radius 3 is 2.53 bits per heavy atom. The second kappa shape index (κ2) is 5.61. The topological polar surface area (TPSA) is 75.8 Å². The zero-order chi connectivity index (χ0) is 13.9. The zero-order valence-electron chi connectivity index (χ0n) is 11.0. The van der Waals surface area contributed by atoms with E-state index in [2.05, 4.69) is 4.40 Å². The van der Waals surface area contributed by atoms with Gasteiger partial charge in [0.15, 0.2) is 0 Å². The molecule has 2 N–H and O–H groups in total. The highest BCUT2D eigenvalue weighted by Gasteiger charge is 2.17. The Hall–Kier alpha value is -1.56. The van der Waals surface area contributed by atoms with Crippen molar-refractivity contribution in [2.45, 2.75) is 30.6 Å². The monoisotopic (exact) mass is 281 g/mol. The molecule has 0 saturated carbocycles. The fraction of sp³-hybridized carbons (Fsp3) is 0.462. The summed E-state index contributed by atoms with van der Waals surface area (Å²) in [6.07, 6.45) is 3.90. The SMILES string of the molecule is CN1CCCCC/C1=N\S(=O)(=O)c1ccc(N)cc1. The van der Waals surface area contributed by atoms with Crippen molar-refractivity contribution in [3.8, 4) is 0 Å². The van der Waals surface area contributed by atoms with Crippen LogP contribution in [-0.2, 0) is 10.0 Å². The van der Waals surface area contributed by atoms with Crippen molar-refractivity contribution < 1.29 is 8.42 Å². The van der Waals surface area contributed by atoms with Crippen LogP contribution in [-0.4, -0.2) is 32.7 Å². The highest BCUT2D eigenvalue weighted by atomic mass is 32.2. The van der Waals surface area contributed by atoms with Crippen molar-refractivity contribution in [1.82, 2.24) is 4.90 Å². The van der Waals surface area contributed by atoms with Crippen LogP contribution in [0.15, 0.2) is 33.6 Å². The number of nitrogen functional groups attached to an aromatic ring is 1. The van der Waals surface area contributed by atoms with Gasteiger partial charge < -0.3 is 10.6 Å². The molecule has 5 nitrogen and oxygen atoms in total. The summed E-state index contributed by atoms with van der Waals surface area (Å²) >= 11 is 0. The van der Waals surface area contributed by atoms with Gasteiger partial charge in [-0.1, -0.05) is 6.42 Å². The molecule has 0 aliphatic carbocycles. The van der Waals surface area contributed by atoms with Gasteiger partial charge in [-0.25, -0.2) is 0 Å². The molecule has 0 bridgehead atoms. The molecule has 0 radical (unpaired) electrons. The quantitative estimate of drug-likeness (QED) is 0.840. The number of nitrogens with two attached hydrogens (primary N) is 1. The van der Waals surface area contributed by atoms with Gasteiger partial charge in [0.05, 0.1) is 4.90 Å². The Labute approximate surface area is 114 Å². The summed E-state index contributed by atoms with van der Waals surface area (Å²) < 4.78 is 28.4. The summed E-state index contributed by atoms with van der Waals surface area (Å²) in [6.45, 7) is 0.857. The highest BCUT2D eigenvalue weighted by molar-refractivity contribution is 7.90. The van der Waals surface area contributed by atoms with Gasteiger partial charge in [-0.05, 0) is 37.1 Å². The molecule has 6 heteroatoms. The molecule has 2 rings (SSSR count). The van der Waals surface area contributed by atoms with Crippen LogP contribution >= 0.6 is 0 Å². The van der Waals surface area contributed by atoms with Gasteiger partial charge in [0.25, 0.3) is 10.0 Å². The van der Waals surface area contributed by atoms with Gasteiger partial charge in [-0.2, -0.15) is 8.42 Å². The van der Waals surface area contributed by atoms with E-state index >= 15 is 0 Å². The first kappa shape index (κ1) is 13.9. The molecule has 0 spiro atoms. The minimum absolute atomic E-state index is 0.187. The fourth-order valence-electron chi connectivity index (χ4n) is 2.08.